The number of hydrogen-bond acceptors (Lipinski definition) is 3. The fourth-order valence-corrected chi connectivity index (χ4v) is 10.0. The molecule has 0 bridgehead atoms. The number of imidazole rings is 1. The van der Waals surface area contributed by atoms with E-state index in [1.165, 1.54) is 5.56 Å². The van der Waals surface area contributed by atoms with E-state index in [1.807, 2.05) is 97.4 Å². The van der Waals surface area contributed by atoms with Crippen LogP contribution < -0.4 is 0 Å². The van der Waals surface area contributed by atoms with Crippen LogP contribution in [0.1, 0.15) is 112 Å². The predicted molar refractivity (Wildman–Crippen MR) is 300 cm³/mol. The van der Waals surface area contributed by atoms with Crippen LogP contribution in [0.25, 0.3) is 95.0 Å². The van der Waals surface area contributed by atoms with Crippen molar-refractivity contribution in [3.63, 3.8) is 0 Å². The van der Waals surface area contributed by atoms with Gasteiger partial charge in [-0.15, -0.1) is 0 Å². The average Bonchev–Trinajstić information content (AvgIpc) is 3.82. The molecule has 1 N–H and O–H groups in total. The summed E-state index contributed by atoms with van der Waals surface area (Å²) in [4.78, 5) is 10.5. The second kappa shape index (κ2) is 19.5. The molecule has 8 aromatic carbocycles. The molecule has 4 heteroatoms. The van der Waals surface area contributed by atoms with E-state index in [0.717, 1.165) is 83.6 Å². The highest BCUT2D eigenvalue weighted by Gasteiger charge is 2.25. The molecule has 0 aliphatic heterocycles. The molecule has 0 fully saturated rings. The van der Waals surface area contributed by atoms with Gasteiger partial charge in [0.25, 0.3) is 0 Å². The Labute approximate surface area is 426 Å². The molecule has 0 spiro atoms. The lowest BCUT2D eigenvalue weighted by molar-refractivity contribution is 0.466. The van der Waals surface area contributed by atoms with Gasteiger partial charge in [0.05, 0.1) is 28.0 Å². The molecule has 0 aliphatic carbocycles. The number of aryl methyl sites for hydroxylation is 1. The first-order valence-corrected chi connectivity index (χ1v) is 24.9. The maximum Gasteiger partial charge on any atom is 0.149 e. The van der Waals surface area contributed by atoms with Crippen molar-refractivity contribution >= 4 is 11.0 Å². The van der Waals surface area contributed by atoms with E-state index < -0.39 is 12.7 Å². The summed E-state index contributed by atoms with van der Waals surface area (Å²) in [5.41, 5.74) is 17.7. The lowest BCUT2D eigenvalue weighted by Gasteiger charge is -2.22. The van der Waals surface area contributed by atoms with Crippen molar-refractivity contribution in [2.45, 2.75) is 85.9 Å². The Morgan fingerprint density at radius 2 is 1.08 bits per heavy atom. The molecule has 10 rings (SSSR count). The number of nitrogens with zero attached hydrogens (tertiary/aromatic N) is 3. The Bertz CT molecular complexity index is 3720. The summed E-state index contributed by atoms with van der Waals surface area (Å²) < 4.78 is 38.8. The lowest BCUT2D eigenvalue weighted by Crippen LogP contribution is -2.04. The largest absolute Gasteiger partial charge is 0.507 e. The lowest BCUT2D eigenvalue weighted by atomic mass is 9.84. The van der Waals surface area contributed by atoms with Crippen molar-refractivity contribution in [2.24, 2.45) is 0 Å². The molecule has 0 atom stereocenters. The molecule has 0 aliphatic rings. The molecule has 2 aromatic heterocycles. The van der Waals surface area contributed by atoms with Crippen LogP contribution >= 0.6 is 0 Å². The van der Waals surface area contributed by atoms with Gasteiger partial charge in [0.1, 0.15) is 11.6 Å². The van der Waals surface area contributed by atoms with Gasteiger partial charge >= 0.3 is 0 Å². The molecule has 2 heterocycles. The van der Waals surface area contributed by atoms with Crippen LogP contribution in [0, 0.1) is 6.85 Å². The smallest absolute Gasteiger partial charge is 0.149 e. The van der Waals surface area contributed by atoms with E-state index in [1.54, 1.807) is 6.07 Å². The third kappa shape index (κ3) is 9.12. The number of aromatic nitrogens is 3. The van der Waals surface area contributed by atoms with Crippen LogP contribution in [0.15, 0.2) is 188 Å². The standard InChI is InChI=1S/C67H63N3O/c1-41(2)52-38-59(44(7)8)66(71)60(39-52)67-69-65-58(24-17-25-63(65)70(67)62-31-30-51(34-45(62)9)64-56(42(3)4)22-16-23-57(64)43(5)6)54-35-53(47-20-14-11-15-21-47)36-55(37-54)61-40-50(32-33-68-61)49-28-26-48(27-29-49)46-18-12-10-13-19-46/h10-44,71H,1-9H3/i9D3,42D. The summed E-state index contributed by atoms with van der Waals surface area (Å²) in [5, 5.41) is 12.4. The SMILES string of the molecule is [2H]C([2H])([2H])c1cc(-c2c(C(C)C)cccc2C([2H])(C)C)ccc1-n1c(-c2cc(C(C)C)cc(C(C)C)c2O)nc2c(-c3cc(-c4ccccc4)cc(-c4cc(-c5ccc(-c6ccccc6)cc5)ccn4)c3)cccc21. The zero-order valence-electron chi connectivity index (χ0n) is 45.9. The zero-order chi connectivity index (χ0) is 52.9. The first-order valence-electron chi connectivity index (χ1n) is 26.9. The van der Waals surface area contributed by atoms with Gasteiger partial charge in [0.2, 0.25) is 0 Å². The van der Waals surface area contributed by atoms with Gasteiger partial charge in [-0.2, -0.15) is 0 Å². The number of pyridine rings is 1. The summed E-state index contributed by atoms with van der Waals surface area (Å²) >= 11 is 0. The molecule has 71 heavy (non-hydrogen) atoms. The molecule has 0 saturated heterocycles. The molecule has 352 valence electrons. The topological polar surface area (TPSA) is 50.9 Å². The van der Waals surface area contributed by atoms with E-state index >= 15 is 0 Å². The van der Waals surface area contributed by atoms with Crippen LogP contribution in [-0.2, 0) is 0 Å². The van der Waals surface area contributed by atoms with Crippen molar-refractivity contribution in [2.75, 3.05) is 0 Å². The van der Waals surface area contributed by atoms with Crippen molar-refractivity contribution in [1.29, 1.82) is 0 Å². The normalized spacial score (nSPS) is 12.9. The van der Waals surface area contributed by atoms with Gasteiger partial charge in [0.15, 0.2) is 0 Å². The maximum absolute atomic E-state index is 12.4. The van der Waals surface area contributed by atoms with Crippen molar-refractivity contribution in [1.82, 2.24) is 14.5 Å². The van der Waals surface area contributed by atoms with E-state index in [4.69, 9.17) is 9.97 Å². The molecule has 0 saturated carbocycles. The van der Waals surface area contributed by atoms with Gasteiger partial charge in [-0.25, -0.2) is 4.98 Å². The monoisotopic (exact) mass is 930 g/mol. The Morgan fingerprint density at radius 1 is 0.479 bits per heavy atom. The Hall–Kier alpha value is -7.82. The van der Waals surface area contributed by atoms with Gasteiger partial charge in [-0.1, -0.05) is 183 Å². The number of phenolic OH excluding ortho intramolecular Hbond substituents is 1. The van der Waals surface area contributed by atoms with Gasteiger partial charge in [-0.3, -0.25) is 9.55 Å². The minimum Gasteiger partial charge on any atom is -0.507 e. The zero-order valence-corrected chi connectivity index (χ0v) is 41.9. The highest BCUT2D eigenvalue weighted by Crippen LogP contribution is 2.45. The van der Waals surface area contributed by atoms with Gasteiger partial charge in [0, 0.05) is 22.8 Å². The number of benzene rings is 8. The van der Waals surface area contributed by atoms with Crippen LogP contribution in [0.4, 0.5) is 0 Å². The molecular weight excluding hydrogens is 863 g/mol. The Kier molecular flexibility index (Phi) is 11.6. The number of para-hydroxylation sites is 1. The second-order valence-corrected chi connectivity index (χ2v) is 20.0. The quantitative estimate of drug-likeness (QED) is 0.133. The summed E-state index contributed by atoms with van der Waals surface area (Å²) in [6, 6.07) is 61.9. The highest BCUT2D eigenvalue weighted by molar-refractivity contribution is 5.98. The first kappa shape index (κ1) is 42.1. The van der Waals surface area contributed by atoms with Crippen LogP contribution in [-0.4, -0.2) is 19.6 Å². The third-order valence-electron chi connectivity index (χ3n) is 13.9. The molecular formula is C67H63N3O. The number of fused-ring (bicyclic) bond motifs is 1. The van der Waals surface area contributed by atoms with E-state index in [0.29, 0.717) is 28.1 Å². The molecule has 4 nitrogen and oxygen atoms in total. The molecule has 0 amide bonds. The minimum atomic E-state index is -2.57. The maximum atomic E-state index is 12.4. The first-order chi connectivity index (χ1) is 35.8. The van der Waals surface area contributed by atoms with Crippen LogP contribution in [0.3, 0.4) is 0 Å². The van der Waals surface area contributed by atoms with E-state index in [2.05, 4.69) is 145 Å². The third-order valence-corrected chi connectivity index (χ3v) is 13.9. The minimum absolute atomic E-state index is 0.00974. The summed E-state index contributed by atoms with van der Waals surface area (Å²) in [7, 11) is 0. The fraction of sp³-hybridized carbons (Fsp3) is 0.194. The number of phenols is 1. The highest BCUT2D eigenvalue weighted by atomic mass is 16.3. The van der Waals surface area contributed by atoms with Crippen LogP contribution in [0.2, 0.25) is 0 Å². The van der Waals surface area contributed by atoms with Gasteiger partial charge in [-0.05, 0) is 163 Å². The fourth-order valence-electron chi connectivity index (χ4n) is 10.0. The van der Waals surface area contributed by atoms with E-state index in [-0.39, 0.29) is 29.1 Å². The van der Waals surface area contributed by atoms with Crippen molar-refractivity contribution in [3.05, 3.63) is 216 Å². The van der Waals surface area contributed by atoms with Gasteiger partial charge < -0.3 is 5.11 Å². The number of aromatic hydroxyl groups is 1. The average molecular weight is 930 g/mol. The molecule has 0 radical (unpaired) electrons. The molecule has 0 unspecified atom stereocenters. The number of rotatable bonds is 12. The predicted octanol–water partition coefficient (Wildman–Crippen LogP) is 18.6. The number of hydrogen-bond donors (Lipinski definition) is 1. The summed E-state index contributed by atoms with van der Waals surface area (Å²) in [6.07, 6.45) is 1.87. The van der Waals surface area contributed by atoms with Crippen molar-refractivity contribution < 1.29 is 10.6 Å². The Morgan fingerprint density at radius 3 is 1.75 bits per heavy atom. The summed E-state index contributed by atoms with van der Waals surface area (Å²) in [6.45, 7) is 13.8. The summed E-state index contributed by atoms with van der Waals surface area (Å²) in [5.74, 6) is -0.178. The Balaban J connectivity index is 1.22. The molecule has 10 aromatic rings. The van der Waals surface area contributed by atoms with Crippen LogP contribution in [0.5, 0.6) is 5.75 Å². The van der Waals surface area contributed by atoms with E-state index in [9.17, 15) is 10.6 Å². The van der Waals surface area contributed by atoms with Crippen molar-refractivity contribution in [3.8, 4) is 89.7 Å². The second-order valence-electron chi connectivity index (χ2n) is 20.0.